The lowest BCUT2D eigenvalue weighted by Crippen LogP contribution is -2.40. The average molecular weight is 373 g/mol. The smallest absolute Gasteiger partial charge is 0.244 e. The Hall–Kier alpha value is -2.34. The lowest BCUT2D eigenvalue weighted by molar-refractivity contribution is -0.142. The van der Waals surface area contributed by atoms with Gasteiger partial charge in [0, 0.05) is 11.1 Å². The first-order chi connectivity index (χ1) is 12.5. The Morgan fingerprint density at radius 2 is 1.77 bits per heavy atom. The van der Waals surface area contributed by atoms with Gasteiger partial charge < -0.3 is 10.4 Å². The molecule has 0 spiro atoms. The van der Waals surface area contributed by atoms with Crippen molar-refractivity contribution in [1.82, 2.24) is 4.90 Å². The van der Waals surface area contributed by atoms with Crippen molar-refractivity contribution in [3.8, 4) is 5.75 Å². The van der Waals surface area contributed by atoms with Crippen molar-refractivity contribution in [3.05, 3.63) is 35.4 Å². The van der Waals surface area contributed by atoms with Crippen molar-refractivity contribution in [1.29, 1.82) is 0 Å². The molecule has 6 atom stereocenters. The first-order valence-electron chi connectivity index (χ1n) is 8.77. The van der Waals surface area contributed by atoms with Gasteiger partial charge in [0.15, 0.2) is 0 Å². The fraction of sp³-hybridized carbons (Fsp3) is 0.421. The molecule has 0 radical (unpaired) electrons. The highest BCUT2D eigenvalue weighted by Gasteiger charge is 2.67. The summed E-state index contributed by atoms with van der Waals surface area (Å²) in [5, 5.41) is 12.7. The van der Waals surface area contributed by atoms with Crippen LogP contribution in [0, 0.1) is 35.5 Å². The van der Waals surface area contributed by atoms with E-state index in [1.165, 1.54) is 18.2 Å². The van der Waals surface area contributed by atoms with Crippen LogP contribution in [0.2, 0.25) is 5.02 Å². The lowest BCUT2D eigenvalue weighted by Gasteiger charge is -2.37. The van der Waals surface area contributed by atoms with Crippen molar-refractivity contribution in [2.75, 3.05) is 11.9 Å². The first kappa shape index (κ1) is 15.9. The summed E-state index contributed by atoms with van der Waals surface area (Å²) in [5.41, 5.74) is 0.193. The van der Waals surface area contributed by atoms with Crippen LogP contribution in [0.25, 0.3) is 0 Å². The number of imide groups is 1. The Morgan fingerprint density at radius 1 is 1.15 bits per heavy atom. The Bertz CT molecular complexity index is 846. The minimum Gasteiger partial charge on any atom is -0.506 e. The van der Waals surface area contributed by atoms with E-state index in [0.29, 0.717) is 16.9 Å². The third-order valence-corrected chi connectivity index (χ3v) is 6.52. The van der Waals surface area contributed by atoms with E-state index in [1.54, 1.807) is 0 Å². The van der Waals surface area contributed by atoms with Gasteiger partial charge in [-0.15, -0.1) is 0 Å². The molecular weight excluding hydrogens is 356 g/mol. The number of likely N-dealkylation sites (tertiary alicyclic amines) is 1. The van der Waals surface area contributed by atoms with Gasteiger partial charge in [0.25, 0.3) is 0 Å². The van der Waals surface area contributed by atoms with E-state index in [1.807, 2.05) is 0 Å². The van der Waals surface area contributed by atoms with E-state index < -0.39 is 5.91 Å². The molecule has 6 nitrogen and oxygen atoms in total. The quantitative estimate of drug-likeness (QED) is 0.483. The molecule has 1 saturated heterocycles. The van der Waals surface area contributed by atoms with Crippen LogP contribution in [0.5, 0.6) is 5.75 Å². The normalized spacial score (nSPS) is 36.1. The third-order valence-electron chi connectivity index (χ3n) is 6.29. The zero-order valence-electron chi connectivity index (χ0n) is 13.8. The standard InChI is InChI=1S/C19H17ClN2O4/c20-8-1-4-13(14(23)5-8)21-15(24)7-22-18(25)16-9-2-3-10(12-6-11(9)12)17(16)19(22)26/h1-5,9-12,16-17,23H,6-7H2,(H,21,24)/t9-,10-,11-,12+,16+,17+/m0/s1. The molecule has 4 aliphatic carbocycles. The van der Waals surface area contributed by atoms with Gasteiger partial charge in [0.05, 0.1) is 17.5 Å². The summed E-state index contributed by atoms with van der Waals surface area (Å²) < 4.78 is 0. The summed E-state index contributed by atoms with van der Waals surface area (Å²) in [5.74, 6) is -0.434. The number of nitrogens with zero attached hydrogens (tertiary/aromatic N) is 1. The Balaban J connectivity index is 1.33. The summed E-state index contributed by atoms with van der Waals surface area (Å²) in [6.07, 6.45) is 5.30. The number of anilines is 1. The highest BCUT2D eigenvalue weighted by Crippen LogP contribution is 2.65. The van der Waals surface area contributed by atoms with Gasteiger partial charge in [-0.3, -0.25) is 19.3 Å². The van der Waals surface area contributed by atoms with E-state index >= 15 is 0 Å². The number of amides is 3. The fourth-order valence-electron chi connectivity index (χ4n) is 5.12. The van der Waals surface area contributed by atoms with Crippen LogP contribution >= 0.6 is 11.6 Å². The molecular formula is C19H17ClN2O4. The lowest BCUT2D eigenvalue weighted by atomic mass is 9.63. The summed E-state index contributed by atoms with van der Waals surface area (Å²) in [6, 6.07) is 4.32. The number of halogens is 1. The van der Waals surface area contributed by atoms with Crippen molar-refractivity contribution in [2.45, 2.75) is 6.42 Å². The number of phenols is 1. The highest BCUT2D eigenvalue weighted by molar-refractivity contribution is 6.30. The van der Waals surface area contributed by atoms with Crippen LogP contribution < -0.4 is 5.32 Å². The van der Waals surface area contributed by atoms with E-state index in [0.717, 1.165) is 11.3 Å². The molecule has 7 heteroatoms. The maximum absolute atomic E-state index is 12.8. The molecule has 3 fully saturated rings. The number of allylic oxidation sites excluding steroid dienone is 2. The molecule has 2 N–H and O–H groups in total. The number of carbonyl (C=O) groups excluding carboxylic acids is 3. The zero-order valence-corrected chi connectivity index (χ0v) is 14.5. The van der Waals surface area contributed by atoms with E-state index in [-0.39, 0.29) is 53.5 Å². The second-order valence-electron chi connectivity index (χ2n) is 7.63. The Labute approximate surface area is 154 Å². The fourth-order valence-corrected chi connectivity index (χ4v) is 5.28. The molecule has 2 saturated carbocycles. The van der Waals surface area contributed by atoms with E-state index in [4.69, 9.17) is 11.6 Å². The van der Waals surface area contributed by atoms with Gasteiger partial charge in [-0.25, -0.2) is 0 Å². The van der Waals surface area contributed by atoms with Crippen LogP contribution in [0.3, 0.4) is 0 Å². The van der Waals surface area contributed by atoms with Crippen LogP contribution in [0.15, 0.2) is 30.4 Å². The topological polar surface area (TPSA) is 86.7 Å². The number of nitrogens with one attached hydrogen (secondary N) is 1. The second-order valence-corrected chi connectivity index (χ2v) is 8.06. The molecule has 3 amide bonds. The van der Waals surface area contributed by atoms with Crippen LogP contribution in [0.1, 0.15) is 6.42 Å². The number of hydrogen-bond acceptors (Lipinski definition) is 4. The summed E-state index contributed by atoms with van der Waals surface area (Å²) in [4.78, 5) is 39.1. The van der Waals surface area contributed by atoms with Gasteiger partial charge >= 0.3 is 0 Å². The average Bonchev–Trinajstić information content (AvgIpc) is 3.39. The number of carbonyl (C=O) groups is 3. The maximum atomic E-state index is 12.8. The molecule has 5 aliphatic rings. The Kier molecular flexibility index (Phi) is 3.26. The van der Waals surface area contributed by atoms with Crippen LogP contribution in [-0.2, 0) is 14.4 Å². The molecule has 134 valence electrons. The zero-order chi connectivity index (χ0) is 18.2. The molecule has 0 aromatic heterocycles. The molecule has 0 unspecified atom stereocenters. The number of phenolic OH excluding ortho intramolecular Hbond substituents is 1. The predicted molar refractivity (Wildman–Crippen MR) is 93.2 cm³/mol. The predicted octanol–water partition coefficient (Wildman–Crippen LogP) is 2.04. The Morgan fingerprint density at radius 3 is 2.35 bits per heavy atom. The molecule has 6 rings (SSSR count). The van der Waals surface area contributed by atoms with E-state index in [2.05, 4.69) is 17.5 Å². The van der Waals surface area contributed by atoms with Crippen molar-refractivity contribution < 1.29 is 19.5 Å². The van der Waals surface area contributed by atoms with Gasteiger partial charge in [-0.2, -0.15) is 0 Å². The number of rotatable bonds is 3. The minimum absolute atomic E-state index is 0.139. The van der Waals surface area contributed by atoms with Crippen molar-refractivity contribution in [3.63, 3.8) is 0 Å². The monoisotopic (exact) mass is 372 g/mol. The van der Waals surface area contributed by atoms with Gasteiger partial charge in [-0.1, -0.05) is 23.8 Å². The van der Waals surface area contributed by atoms with Crippen LogP contribution in [0.4, 0.5) is 5.69 Å². The summed E-state index contributed by atoms with van der Waals surface area (Å²) >= 11 is 5.77. The summed E-state index contributed by atoms with van der Waals surface area (Å²) in [7, 11) is 0. The number of hydrogen-bond donors (Lipinski definition) is 2. The minimum atomic E-state index is -0.520. The third kappa shape index (κ3) is 2.14. The van der Waals surface area contributed by atoms with Crippen molar-refractivity contribution in [2.24, 2.45) is 35.5 Å². The molecule has 26 heavy (non-hydrogen) atoms. The first-order valence-corrected chi connectivity index (χ1v) is 9.15. The van der Waals surface area contributed by atoms with Crippen molar-refractivity contribution >= 4 is 35.0 Å². The van der Waals surface area contributed by atoms with Crippen LogP contribution in [-0.4, -0.2) is 34.3 Å². The van der Waals surface area contributed by atoms with Gasteiger partial charge in [-0.05, 0) is 42.2 Å². The molecule has 1 aromatic carbocycles. The largest absolute Gasteiger partial charge is 0.506 e. The summed E-state index contributed by atoms with van der Waals surface area (Å²) in [6.45, 7) is -0.332. The van der Waals surface area contributed by atoms with E-state index in [9.17, 15) is 19.5 Å². The van der Waals surface area contributed by atoms with Gasteiger partial charge in [0.2, 0.25) is 17.7 Å². The number of benzene rings is 1. The number of aromatic hydroxyl groups is 1. The molecule has 1 aliphatic heterocycles. The molecule has 2 bridgehead atoms. The SMILES string of the molecule is O=C(CN1C(=O)[C@@H]2[C@H]3C=C[C@@H]([C@@H]4C[C@H]34)[C@H]2C1=O)Nc1ccc(Cl)cc1O. The highest BCUT2D eigenvalue weighted by atomic mass is 35.5. The molecule has 1 aromatic rings. The molecule has 1 heterocycles. The van der Waals surface area contributed by atoms with Gasteiger partial charge in [0.1, 0.15) is 12.3 Å². The second kappa shape index (κ2) is 5.33. The maximum Gasteiger partial charge on any atom is 0.244 e.